The van der Waals surface area contributed by atoms with Gasteiger partial charge >= 0.3 is 0 Å². The number of aromatic amines is 2. The standard InChI is InChI=1S/C24H27ClN10O4S2/c1-13-6-18-19(10-26-13)40-23(29-18)24(37)35-5-4-34(12-16(35)9-21(36)27-11-20-30-32-33-31-20)41(38,39)22-8-14-7-15(25)2-3-17(14)28-22/h2-3,7-8,13,16,26,28H,4-6,9-12H2,1H3,(H,27,36)(H,30,31,32,33). The Balaban J connectivity index is 1.24. The molecule has 0 saturated carbocycles. The number of rotatable bonds is 7. The van der Waals surface area contributed by atoms with Gasteiger partial charge in [0.05, 0.1) is 18.3 Å². The van der Waals surface area contributed by atoms with Crippen molar-refractivity contribution in [3.63, 3.8) is 0 Å². The van der Waals surface area contributed by atoms with E-state index in [0.29, 0.717) is 33.3 Å². The Labute approximate surface area is 243 Å². The second-order valence-electron chi connectivity index (χ2n) is 10.1. The third-order valence-electron chi connectivity index (χ3n) is 7.22. The summed E-state index contributed by atoms with van der Waals surface area (Å²) < 4.78 is 28.7. The van der Waals surface area contributed by atoms with E-state index >= 15 is 0 Å². The molecule has 0 spiro atoms. The minimum absolute atomic E-state index is 0.0183. The molecule has 2 aliphatic heterocycles. The molecular formula is C24H27ClN10O4S2. The topological polar surface area (TPSA) is 182 Å². The Kier molecular flexibility index (Phi) is 7.50. The molecule has 3 aromatic heterocycles. The molecular weight excluding hydrogens is 592 g/mol. The van der Waals surface area contributed by atoms with Crippen molar-refractivity contribution in [1.82, 2.24) is 50.4 Å². The number of sulfonamides is 1. The molecule has 0 aliphatic carbocycles. The minimum atomic E-state index is -3.96. The van der Waals surface area contributed by atoms with Gasteiger partial charge < -0.3 is 20.5 Å². The number of carbonyl (C=O) groups is 2. The van der Waals surface area contributed by atoms with Crippen LogP contribution < -0.4 is 10.6 Å². The summed E-state index contributed by atoms with van der Waals surface area (Å²) in [6, 6.07) is 6.15. The van der Waals surface area contributed by atoms with Gasteiger partial charge in [0.25, 0.3) is 15.9 Å². The molecule has 2 amide bonds. The van der Waals surface area contributed by atoms with Crippen LogP contribution in [0.2, 0.25) is 5.02 Å². The van der Waals surface area contributed by atoms with E-state index in [9.17, 15) is 18.0 Å². The quantitative estimate of drug-likeness (QED) is 0.235. The highest BCUT2D eigenvalue weighted by Gasteiger charge is 2.39. The smallest absolute Gasteiger partial charge is 0.283 e. The van der Waals surface area contributed by atoms with Gasteiger partial charge in [-0.1, -0.05) is 11.6 Å². The summed E-state index contributed by atoms with van der Waals surface area (Å²) >= 11 is 7.42. The lowest BCUT2D eigenvalue weighted by atomic mass is 10.1. The molecule has 14 nitrogen and oxygen atoms in total. The highest BCUT2D eigenvalue weighted by molar-refractivity contribution is 7.89. The van der Waals surface area contributed by atoms with Crippen molar-refractivity contribution in [3.05, 3.63) is 50.7 Å². The largest absolute Gasteiger partial charge is 0.349 e. The number of piperazine rings is 1. The minimum Gasteiger partial charge on any atom is -0.349 e. The Morgan fingerprint density at radius 1 is 1.24 bits per heavy atom. The molecule has 17 heteroatoms. The summed E-state index contributed by atoms with van der Waals surface area (Å²) in [5.74, 6) is -0.319. The third kappa shape index (κ3) is 5.70. The van der Waals surface area contributed by atoms with E-state index in [0.717, 1.165) is 17.0 Å². The zero-order valence-corrected chi connectivity index (χ0v) is 24.3. The first-order valence-corrected chi connectivity index (χ1v) is 15.6. The lowest BCUT2D eigenvalue weighted by molar-refractivity contribution is -0.122. The van der Waals surface area contributed by atoms with Gasteiger partial charge in [0.2, 0.25) is 5.91 Å². The second-order valence-corrected chi connectivity index (χ2v) is 13.5. The van der Waals surface area contributed by atoms with Crippen LogP contribution in [0.4, 0.5) is 0 Å². The first-order chi connectivity index (χ1) is 19.7. The summed E-state index contributed by atoms with van der Waals surface area (Å²) in [6.45, 7) is 2.88. The number of aromatic nitrogens is 6. The Morgan fingerprint density at radius 3 is 2.90 bits per heavy atom. The molecule has 4 aromatic rings. The number of benzene rings is 1. The molecule has 41 heavy (non-hydrogen) atoms. The molecule has 0 bridgehead atoms. The number of carbonyl (C=O) groups excluding carboxylic acids is 2. The number of amides is 2. The molecule has 2 atom stereocenters. The molecule has 0 radical (unpaired) electrons. The van der Waals surface area contributed by atoms with E-state index in [1.54, 1.807) is 23.1 Å². The van der Waals surface area contributed by atoms with Crippen molar-refractivity contribution >= 4 is 55.7 Å². The van der Waals surface area contributed by atoms with Crippen molar-refractivity contribution < 1.29 is 18.0 Å². The first kappa shape index (κ1) is 27.7. The summed E-state index contributed by atoms with van der Waals surface area (Å²) in [5, 5.41) is 20.9. The van der Waals surface area contributed by atoms with Crippen LogP contribution >= 0.6 is 22.9 Å². The summed E-state index contributed by atoms with van der Waals surface area (Å²) in [5.41, 5.74) is 1.54. The summed E-state index contributed by atoms with van der Waals surface area (Å²) in [6.07, 6.45) is 0.606. The molecule has 2 unspecified atom stereocenters. The maximum atomic E-state index is 13.7. The van der Waals surface area contributed by atoms with E-state index in [1.807, 2.05) is 0 Å². The predicted molar refractivity (Wildman–Crippen MR) is 150 cm³/mol. The van der Waals surface area contributed by atoms with Crippen LogP contribution in [0.15, 0.2) is 29.3 Å². The molecule has 1 saturated heterocycles. The van der Waals surface area contributed by atoms with Crippen LogP contribution in [0.3, 0.4) is 0 Å². The number of fused-ring (bicyclic) bond motifs is 2. The zero-order valence-electron chi connectivity index (χ0n) is 21.9. The molecule has 1 fully saturated rings. The molecule has 1 aromatic carbocycles. The van der Waals surface area contributed by atoms with E-state index in [1.165, 1.54) is 21.7 Å². The molecule has 5 heterocycles. The van der Waals surface area contributed by atoms with Crippen LogP contribution in [0.5, 0.6) is 0 Å². The maximum Gasteiger partial charge on any atom is 0.283 e. The van der Waals surface area contributed by atoms with Crippen LogP contribution in [0, 0.1) is 0 Å². The number of thiazole rings is 1. The fourth-order valence-electron chi connectivity index (χ4n) is 5.09. The molecule has 6 rings (SSSR count). The van der Waals surface area contributed by atoms with Gasteiger partial charge in [-0.2, -0.15) is 4.31 Å². The fourth-order valence-corrected chi connectivity index (χ4v) is 7.75. The van der Waals surface area contributed by atoms with Crippen molar-refractivity contribution in [2.24, 2.45) is 0 Å². The van der Waals surface area contributed by atoms with Crippen LogP contribution in [-0.4, -0.2) is 91.7 Å². The van der Waals surface area contributed by atoms with Crippen LogP contribution in [0.1, 0.15) is 39.5 Å². The van der Waals surface area contributed by atoms with Gasteiger partial charge in [0.15, 0.2) is 10.8 Å². The number of tetrazole rings is 1. The maximum absolute atomic E-state index is 13.7. The lowest BCUT2D eigenvalue weighted by Gasteiger charge is -2.40. The highest BCUT2D eigenvalue weighted by Crippen LogP contribution is 2.29. The van der Waals surface area contributed by atoms with Gasteiger partial charge in [0, 0.05) is 65.9 Å². The van der Waals surface area contributed by atoms with E-state index in [2.05, 4.69) is 48.1 Å². The first-order valence-electron chi connectivity index (χ1n) is 13.0. The monoisotopic (exact) mass is 618 g/mol. The molecule has 2 aliphatic rings. The predicted octanol–water partition coefficient (Wildman–Crippen LogP) is 1.05. The summed E-state index contributed by atoms with van der Waals surface area (Å²) in [7, 11) is -3.96. The van der Waals surface area contributed by atoms with E-state index < -0.39 is 16.1 Å². The second kappa shape index (κ2) is 11.1. The van der Waals surface area contributed by atoms with Gasteiger partial charge in [-0.3, -0.25) is 9.59 Å². The number of nitrogens with one attached hydrogen (secondary N) is 4. The Bertz CT molecular complexity index is 1700. The van der Waals surface area contributed by atoms with Crippen molar-refractivity contribution in [2.75, 3.05) is 19.6 Å². The third-order valence-corrected chi connectivity index (χ3v) is 10.3. The fraction of sp³-hybridized carbons (Fsp3) is 0.417. The normalized spacial score (nSPS) is 19.8. The highest BCUT2D eigenvalue weighted by atomic mass is 35.5. The Morgan fingerprint density at radius 2 is 2.10 bits per heavy atom. The van der Waals surface area contributed by atoms with E-state index in [-0.39, 0.29) is 55.5 Å². The van der Waals surface area contributed by atoms with Crippen molar-refractivity contribution in [3.8, 4) is 0 Å². The number of hydrogen-bond acceptors (Lipinski definition) is 10. The van der Waals surface area contributed by atoms with Gasteiger partial charge in [-0.15, -0.1) is 16.4 Å². The van der Waals surface area contributed by atoms with Crippen LogP contribution in [-0.2, 0) is 34.3 Å². The van der Waals surface area contributed by atoms with Crippen LogP contribution in [0.25, 0.3) is 10.9 Å². The van der Waals surface area contributed by atoms with Gasteiger partial charge in [-0.05, 0) is 41.6 Å². The van der Waals surface area contributed by atoms with Gasteiger partial charge in [-0.25, -0.2) is 18.5 Å². The van der Waals surface area contributed by atoms with Gasteiger partial charge in [0.1, 0.15) is 5.03 Å². The Hall–Kier alpha value is -3.44. The number of hydrogen-bond donors (Lipinski definition) is 4. The SMILES string of the molecule is CC1Cc2nc(C(=O)N3CCN(S(=O)(=O)c4cc5cc(Cl)ccc5[nH]4)CC3CC(=O)NCc3nnn[nH]3)sc2CN1. The average molecular weight is 619 g/mol. The molecule has 216 valence electrons. The lowest BCUT2D eigenvalue weighted by Crippen LogP contribution is -2.57. The number of halogens is 1. The van der Waals surface area contributed by atoms with Crippen molar-refractivity contribution in [2.45, 2.75) is 50.0 Å². The van der Waals surface area contributed by atoms with E-state index in [4.69, 9.17) is 11.6 Å². The average Bonchev–Trinajstić information content (AvgIpc) is 3.71. The summed E-state index contributed by atoms with van der Waals surface area (Å²) in [4.78, 5) is 36.8. The van der Waals surface area contributed by atoms with Crippen molar-refractivity contribution in [1.29, 1.82) is 0 Å². The number of nitrogens with zero attached hydrogens (tertiary/aromatic N) is 6. The molecule has 4 N–H and O–H groups in total. The zero-order chi connectivity index (χ0) is 28.7. The number of H-pyrrole nitrogens is 2.